The third kappa shape index (κ3) is 2.05. The Balaban J connectivity index is 1.90. The highest BCUT2D eigenvalue weighted by Gasteiger charge is 2.66. The zero-order chi connectivity index (χ0) is 12.8. The van der Waals surface area contributed by atoms with E-state index in [0.29, 0.717) is 5.92 Å². The van der Waals surface area contributed by atoms with Crippen LogP contribution in [-0.4, -0.2) is 23.0 Å². The van der Waals surface area contributed by atoms with Crippen LogP contribution in [0.25, 0.3) is 0 Å². The van der Waals surface area contributed by atoms with E-state index in [-0.39, 0.29) is 17.9 Å². The number of aliphatic carboxylic acids is 1. The highest BCUT2D eigenvalue weighted by atomic mass is 16.4. The van der Waals surface area contributed by atoms with E-state index in [2.05, 4.69) is 5.32 Å². The standard InChI is InChI=1S/C13H21NO3/c1-7(8-5-4-6-8)14-11(15)9-10(12(16)17)13(9,2)3/h7-10H,4-6H2,1-3H3,(H,14,15)(H,16,17). The lowest BCUT2D eigenvalue weighted by molar-refractivity contribution is -0.140. The summed E-state index contributed by atoms with van der Waals surface area (Å²) in [5.74, 6) is -1.23. The molecule has 0 saturated heterocycles. The fraction of sp³-hybridized carbons (Fsp3) is 0.846. The summed E-state index contributed by atoms with van der Waals surface area (Å²) in [5.41, 5.74) is -0.394. The number of carbonyl (C=O) groups excluding carboxylic acids is 1. The van der Waals surface area contributed by atoms with Crippen LogP contribution in [-0.2, 0) is 9.59 Å². The van der Waals surface area contributed by atoms with Crippen LogP contribution in [0.1, 0.15) is 40.0 Å². The molecule has 0 bridgehead atoms. The summed E-state index contributed by atoms with van der Waals surface area (Å²) in [6.45, 7) is 5.72. The van der Waals surface area contributed by atoms with Crippen molar-refractivity contribution >= 4 is 11.9 Å². The van der Waals surface area contributed by atoms with Gasteiger partial charge in [-0.25, -0.2) is 0 Å². The van der Waals surface area contributed by atoms with Gasteiger partial charge in [-0.2, -0.15) is 0 Å². The molecule has 3 unspecified atom stereocenters. The van der Waals surface area contributed by atoms with E-state index in [1.54, 1.807) is 0 Å². The second-order valence-corrected chi connectivity index (χ2v) is 6.10. The number of hydrogen-bond acceptors (Lipinski definition) is 2. The first kappa shape index (κ1) is 12.4. The molecule has 2 rings (SSSR count). The van der Waals surface area contributed by atoms with Gasteiger partial charge in [0.05, 0.1) is 11.8 Å². The molecule has 2 aliphatic carbocycles. The smallest absolute Gasteiger partial charge is 0.307 e. The number of carboxylic acid groups (broad SMARTS) is 1. The van der Waals surface area contributed by atoms with Gasteiger partial charge in [0, 0.05) is 6.04 Å². The molecular formula is C13H21NO3. The highest BCUT2D eigenvalue weighted by molar-refractivity contribution is 5.91. The summed E-state index contributed by atoms with van der Waals surface area (Å²) >= 11 is 0. The molecule has 0 aromatic rings. The number of nitrogens with one attached hydrogen (secondary N) is 1. The average Bonchev–Trinajstić information content (AvgIpc) is 2.65. The number of hydrogen-bond donors (Lipinski definition) is 2. The first-order valence-electron chi connectivity index (χ1n) is 6.39. The molecule has 2 fully saturated rings. The van der Waals surface area contributed by atoms with Gasteiger partial charge in [0.1, 0.15) is 0 Å². The molecule has 0 heterocycles. The lowest BCUT2D eigenvalue weighted by Crippen LogP contribution is -2.42. The number of carbonyl (C=O) groups is 2. The second kappa shape index (κ2) is 4.00. The Kier molecular flexibility index (Phi) is 2.92. The molecule has 4 nitrogen and oxygen atoms in total. The normalized spacial score (nSPS) is 32.4. The summed E-state index contributed by atoms with van der Waals surface area (Å²) in [6, 6.07) is 0.182. The van der Waals surface area contributed by atoms with E-state index in [1.807, 2.05) is 20.8 Å². The zero-order valence-corrected chi connectivity index (χ0v) is 10.7. The Bertz CT molecular complexity index is 347. The summed E-state index contributed by atoms with van der Waals surface area (Å²) < 4.78 is 0. The maximum atomic E-state index is 12.0. The van der Waals surface area contributed by atoms with Crippen LogP contribution in [0.4, 0.5) is 0 Å². The lowest BCUT2D eigenvalue weighted by atomic mass is 9.80. The minimum absolute atomic E-state index is 0.0817. The quantitative estimate of drug-likeness (QED) is 0.784. The lowest BCUT2D eigenvalue weighted by Gasteiger charge is -2.32. The third-order valence-corrected chi connectivity index (χ3v) is 4.60. The van der Waals surface area contributed by atoms with Crippen LogP contribution in [0.3, 0.4) is 0 Å². The topological polar surface area (TPSA) is 66.4 Å². The molecule has 0 aromatic heterocycles. The van der Waals surface area contributed by atoms with Crippen molar-refractivity contribution < 1.29 is 14.7 Å². The fourth-order valence-corrected chi connectivity index (χ4v) is 2.96. The molecule has 4 heteroatoms. The van der Waals surface area contributed by atoms with Gasteiger partial charge in [-0.05, 0) is 31.1 Å². The molecule has 17 heavy (non-hydrogen) atoms. The van der Waals surface area contributed by atoms with E-state index >= 15 is 0 Å². The van der Waals surface area contributed by atoms with Crippen molar-refractivity contribution in [1.29, 1.82) is 0 Å². The van der Waals surface area contributed by atoms with Crippen molar-refractivity contribution in [2.24, 2.45) is 23.2 Å². The van der Waals surface area contributed by atoms with Crippen LogP contribution < -0.4 is 5.32 Å². The van der Waals surface area contributed by atoms with Crippen LogP contribution in [0, 0.1) is 23.2 Å². The maximum Gasteiger partial charge on any atom is 0.307 e. The van der Waals surface area contributed by atoms with Gasteiger partial charge < -0.3 is 10.4 Å². The number of rotatable bonds is 4. The second-order valence-electron chi connectivity index (χ2n) is 6.10. The minimum atomic E-state index is -0.855. The van der Waals surface area contributed by atoms with Crippen LogP contribution in [0.5, 0.6) is 0 Å². The van der Waals surface area contributed by atoms with Gasteiger partial charge in [0.15, 0.2) is 0 Å². The van der Waals surface area contributed by atoms with Gasteiger partial charge in [-0.1, -0.05) is 20.3 Å². The van der Waals surface area contributed by atoms with Crippen molar-refractivity contribution in [3.63, 3.8) is 0 Å². The van der Waals surface area contributed by atoms with E-state index in [1.165, 1.54) is 19.3 Å². The molecule has 0 aromatic carbocycles. The van der Waals surface area contributed by atoms with E-state index in [4.69, 9.17) is 5.11 Å². The summed E-state index contributed by atoms with van der Waals surface area (Å²) in [7, 11) is 0. The van der Waals surface area contributed by atoms with Crippen LogP contribution in [0.2, 0.25) is 0 Å². The predicted octanol–water partition coefficient (Wildman–Crippen LogP) is 1.65. The Labute approximate surface area is 102 Å². The van der Waals surface area contributed by atoms with Gasteiger partial charge in [0.2, 0.25) is 5.91 Å². The van der Waals surface area contributed by atoms with Crippen molar-refractivity contribution in [3.05, 3.63) is 0 Å². The van der Waals surface area contributed by atoms with Crippen molar-refractivity contribution in [3.8, 4) is 0 Å². The first-order valence-corrected chi connectivity index (χ1v) is 6.39. The number of amides is 1. The fourth-order valence-electron chi connectivity index (χ4n) is 2.96. The monoisotopic (exact) mass is 239 g/mol. The Morgan fingerprint density at radius 2 is 1.88 bits per heavy atom. The largest absolute Gasteiger partial charge is 0.481 e. The Morgan fingerprint density at radius 1 is 1.29 bits per heavy atom. The van der Waals surface area contributed by atoms with Gasteiger partial charge in [-0.3, -0.25) is 9.59 Å². The zero-order valence-electron chi connectivity index (χ0n) is 10.7. The molecule has 2 aliphatic rings. The van der Waals surface area contributed by atoms with Gasteiger partial charge in [-0.15, -0.1) is 0 Å². The SMILES string of the molecule is CC(NC(=O)C1C(C(=O)O)C1(C)C)C1CCC1. The van der Waals surface area contributed by atoms with Crippen molar-refractivity contribution in [1.82, 2.24) is 5.32 Å². The van der Waals surface area contributed by atoms with Crippen molar-refractivity contribution in [2.75, 3.05) is 0 Å². The number of carboxylic acids is 1. The molecule has 2 saturated carbocycles. The maximum absolute atomic E-state index is 12.0. The summed E-state index contributed by atoms with van der Waals surface area (Å²) in [5, 5.41) is 12.0. The third-order valence-electron chi connectivity index (χ3n) is 4.60. The minimum Gasteiger partial charge on any atom is -0.481 e. The van der Waals surface area contributed by atoms with Crippen LogP contribution in [0.15, 0.2) is 0 Å². The molecule has 2 N–H and O–H groups in total. The Hall–Kier alpha value is -1.06. The first-order chi connectivity index (χ1) is 7.85. The van der Waals surface area contributed by atoms with Gasteiger partial charge >= 0.3 is 5.97 Å². The van der Waals surface area contributed by atoms with Crippen molar-refractivity contribution in [2.45, 2.75) is 46.1 Å². The summed E-state index contributed by atoms with van der Waals surface area (Å²) in [6.07, 6.45) is 3.60. The molecule has 0 radical (unpaired) electrons. The molecule has 96 valence electrons. The average molecular weight is 239 g/mol. The molecule has 3 atom stereocenters. The van der Waals surface area contributed by atoms with Gasteiger partial charge in [0.25, 0.3) is 0 Å². The van der Waals surface area contributed by atoms with E-state index in [0.717, 1.165) is 0 Å². The predicted molar refractivity (Wildman–Crippen MR) is 63.3 cm³/mol. The van der Waals surface area contributed by atoms with E-state index in [9.17, 15) is 9.59 Å². The summed E-state index contributed by atoms with van der Waals surface area (Å²) in [4.78, 5) is 23.0. The van der Waals surface area contributed by atoms with Crippen LogP contribution >= 0.6 is 0 Å². The molecule has 0 aliphatic heterocycles. The van der Waals surface area contributed by atoms with E-state index < -0.39 is 17.3 Å². The molecule has 0 spiro atoms. The Morgan fingerprint density at radius 3 is 2.24 bits per heavy atom. The molecular weight excluding hydrogens is 218 g/mol. The highest BCUT2D eigenvalue weighted by Crippen LogP contribution is 2.58. The molecule has 1 amide bonds.